The molecule has 4 aromatic heterocycles. The monoisotopic (exact) mass is 662 g/mol. The van der Waals surface area contributed by atoms with Crippen molar-refractivity contribution in [3.63, 3.8) is 0 Å². The highest BCUT2D eigenvalue weighted by molar-refractivity contribution is 7.98. The summed E-state index contributed by atoms with van der Waals surface area (Å²) in [4.78, 5) is 27.5. The third-order valence-electron chi connectivity index (χ3n) is 8.72. The Morgan fingerprint density at radius 3 is 1.80 bits per heavy atom. The number of nitrogens with two attached hydrogens (primary N) is 2. The van der Waals surface area contributed by atoms with Crippen molar-refractivity contribution in [2.75, 3.05) is 55.4 Å². The zero-order chi connectivity index (χ0) is 32.0. The Balaban J connectivity index is 0.000000167. The van der Waals surface area contributed by atoms with E-state index in [0.717, 1.165) is 83.2 Å². The number of nitrogens with one attached hydrogen (secondary N) is 2. The number of aromatic amines is 2. The number of thioether (sulfide) groups is 2. The number of nitrogens with zero attached hydrogens (tertiary/aromatic N) is 6. The predicted octanol–water partition coefficient (Wildman–Crippen LogP) is 2.96. The fourth-order valence-electron chi connectivity index (χ4n) is 6.33. The summed E-state index contributed by atoms with van der Waals surface area (Å²) in [7, 11) is 0. The zero-order valence-corrected chi connectivity index (χ0v) is 27.6. The molecule has 0 spiro atoms. The van der Waals surface area contributed by atoms with Gasteiger partial charge in [0.05, 0.1) is 23.2 Å². The third kappa shape index (κ3) is 7.59. The van der Waals surface area contributed by atoms with Crippen LogP contribution in [0.1, 0.15) is 16.7 Å². The molecule has 0 saturated carbocycles. The van der Waals surface area contributed by atoms with Gasteiger partial charge in [-0.2, -0.15) is 23.5 Å². The second kappa shape index (κ2) is 15.0. The molecule has 1 aromatic carbocycles. The van der Waals surface area contributed by atoms with E-state index in [1.54, 1.807) is 11.8 Å². The van der Waals surface area contributed by atoms with Crippen molar-refractivity contribution < 1.29 is 10.2 Å². The molecule has 5 aromatic rings. The zero-order valence-electron chi connectivity index (χ0n) is 25.9. The van der Waals surface area contributed by atoms with Gasteiger partial charge in [0.25, 0.3) is 0 Å². The number of β-amino-alcohol motifs (C(OH)–C–C–N with tert-alkyl or cyclic N) is 2. The highest BCUT2D eigenvalue weighted by atomic mass is 32.2. The molecule has 0 amide bonds. The van der Waals surface area contributed by atoms with Crippen LogP contribution in [0.25, 0.3) is 22.1 Å². The fraction of sp³-hybridized carbons (Fsp3) is 0.438. The summed E-state index contributed by atoms with van der Waals surface area (Å²) in [5.41, 5.74) is 18.6. The number of rotatable bonds is 10. The van der Waals surface area contributed by atoms with Crippen LogP contribution in [0.4, 0.5) is 11.6 Å². The maximum atomic E-state index is 10.4. The molecule has 12 nitrogen and oxygen atoms in total. The lowest BCUT2D eigenvalue weighted by Crippen LogP contribution is -2.21. The summed E-state index contributed by atoms with van der Waals surface area (Å²) in [6, 6.07) is 10.5. The Hall–Kier alpha value is -3.40. The van der Waals surface area contributed by atoms with E-state index in [4.69, 9.17) is 11.5 Å². The standard InChI is InChI=1S/C19H23N5OS.C13H19N5OS/c20-19-18-17(22-12-23-19)14(6-21-18)7-24-8-15(16(25)9-24)11-26-10-13-4-2-1-3-5-13;1-20-6-9-4-18(5-10(9)19)3-8-2-15-12-11(8)16-7-17-13(12)14/h1-6,12,15-16,21,25H,7-11H2,(H2,20,22,23);2,7,9-10,15,19H,3-6H2,1H3,(H2,14,16,17)/t15-,16?;9-,10?/m11/s1. The number of aliphatic hydroxyl groups excluding tert-OH is 2. The quantitative estimate of drug-likeness (QED) is 0.129. The van der Waals surface area contributed by atoms with Crippen LogP contribution in [0, 0.1) is 11.8 Å². The van der Waals surface area contributed by atoms with Gasteiger partial charge in [-0.1, -0.05) is 30.3 Å². The molecule has 2 saturated heterocycles. The summed E-state index contributed by atoms with van der Waals surface area (Å²) in [5.74, 6) is 4.56. The van der Waals surface area contributed by atoms with E-state index < -0.39 is 0 Å². The van der Waals surface area contributed by atoms with E-state index in [1.165, 1.54) is 18.2 Å². The summed E-state index contributed by atoms with van der Waals surface area (Å²) >= 11 is 3.68. The molecule has 2 aliphatic heterocycles. The van der Waals surface area contributed by atoms with E-state index in [1.807, 2.05) is 30.2 Å². The van der Waals surface area contributed by atoms with Crippen molar-refractivity contribution in [2.24, 2.45) is 11.8 Å². The highest BCUT2D eigenvalue weighted by Gasteiger charge is 2.32. The minimum Gasteiger partial charge on any atom is -0.391 e. The average Bonchev–Trinajstić information content (AvgIpc) is 3.83. The van der Waals surface area contributed by atoms with Gasteiger partial charge in [0.1, 0.15) is 23.7 Å². The molecule has 0 radical (unpaired) electrons. The number of hydrogen-bond donors (Lipinski definition) is 6. The van der Waals surface area contributed by atoms with Crippen molar-refractivity contribution in [1.29, 1.82) is 0 Å². The Morgan fingerprint density at radius 2 is 1.28 bits per heavy atom. The lowest BCUT2D eigenvalue weighted by atomic mass is 10.1. The Morgan fingerprint density at radius 1 is 0.761 bits per heavy atom. The molecular weight excluding hydrogens is 621 g/mol. The van der Waals surface area contributed by atoms with Gasteiger partial charge in [-0.05, 0) is 17.6 Å². The van der Waals surface area contributed by atoms with Gasteiger partial charge in [-0.25, -0.2) is 19.9 Å². The molecule has 6 heterocycles. The summed E-state index contributed by atoms with van der Waals surface area (Å²) < 4.78 is 0. The van der Waals surface area contributed by atoms with Gasteiger partial charge in [0.2, 0.25) is 0 Å². The molecule has 46 heavy (non-hydrogen) atoms. The van der Waals surface area contributed by atoms with E-state index in [9.17, 15) is 10.2 Å². The minimum atomic E-state index is -0.275. The summed E-state index contributed by atoms with van der Waals surface area (Å²) in [6.07, 6.45) is 8.44. The van der Waals surface area contributed by atoms with Gasteiger partial charge < -0.3 is 31.6 Å². The number of aliphatic hydroxyl groups is 2. The van der Waals surface area contributed by atoms with Crippen LogP contribution < -0.4 is 11.5 Å². The number of fused-ring (bicyclic) bond motifs is 2. The van der Waals surface area contributed by atoms with Crippen LogP contribution >= 0.6 is 23.5 Å². The molecule has 0 bridgehead atoms. The maximum absolute atomic E-state index is 10.4. The molecule has 2 aliphatic rings. The first-order valence-corrected chi connectivity index (χ1v) is 18.0. The van der Waals surface area contributed by atoms with Gasteiger partial charge in [0, 0.05) is 86.1 Å². The molecule has 244 valence electrons. The number of anilines is 2. The van der Waals surface area contributed by atoms with Crippen LogP contribution in [0.15, 0.2) is 55.4 Å². The van der Waals surface area contributed by atoms with Crippen LogP contribution in [0.3, 0.4) is 0 Å². The smallest absolute Gasteiger partial charge is 0.151 e. The minimum absolute atomic E-state index is 0.229. The normalized spacial score (nSPS) is 22.1. The molecule has 14 heteroatoms. The van der Waals surface area contributed by atoms with Crippen LogP contribution in [0.2, 0.25) is 0 Å². The lowest BCUT2D eigenvalue weighted by molar-refractivity contribution is 0.149. The fourth-order valence-corrected chi connectivity index (χ4v) is 8.27. The number of nitrogen functional groups attached to an aromatic ring is 2. The van der Waals surface area contributed by atoms with Crippen LogP contribution in [-0.4, -0.2) is 106 Å². The Kier molecular flexibility index (Phi) is 10.6. The molecular formula is C32H42N10O2S2. The number of benzene rings is 1. The van der Waals surface area contributed by atoms with Crippen molar-refractivity contribution >= 4 is 57.2 Å². The first kappa shape index (κ1) is 32.5. The highest BCUT2D eigenvalue weighted by Crippen LogP contribution is 2.28. The number of H-pyrrole nitrogens is 2. The van der Waals surface area contributed by atoms with Crippen molar-refractivity contribution in [3.8, 4) is 0 Å². The van der Waals surface area contributed by atoms with Gasteiger partial charge in [-0.15, -0.1) is 0 Å². The molecule has 7 rings (SSSR count). The predicted molar refractivity (Wildman–Crippen MR) is 187 cm³/mol. The van der Waals surface area contributed by atoms with Crippen LogP contribution in [-0.2, 0) is 18.8 Å². The molecule has 8 N–H and O–H groups in total. The van der Waals surface area contributed by atoms with E-state index in [2.05, 4.69) is 70.2 Å². The van der Waals surface area contributed by atoms with Gasteiger partial charge >= 0.3 is 0 Å². The molecule has 2 fully saturated rings. The summed E-state index contributed by atoms with van der Waals surface area (Å²) in [6.45, 7) is 4.78. The van der Waals surface area contributed by atoms with Gasteiger partial charge in [-0.3, -0.25) is 9.80 Å². The average molecular weight is 663 g/mol. The van der Waals surface area contributed by atoms with Crippen LogP contribution in [0.5, 0.6) is 0 Å². The first-order valence-electron chi connectivity index (χ1n) is 15.4. The SMILES string of the molecule is CSC[C@H]1CN(Cc2c[nH]c3c(N)ncnc23)CC1O.Nc1ncnc2c(CN3CC(O)[C@@H](CSCc4ccccc4)C3)c[nH]c12. The van der Waals surface area contributed by atoms with Crippen molar-refractivity contribution in [2.45, 2.75) is 31.1 Å². The molecule has 4 atom stereocenters. The van der Waals surface area contributed by atoms with E-state index >= 15 is 0 Å². The van der Waals surface area contributed by atoms with Gasteiger partial charge in [0.15, 0.2) is 11.6 Å². The Labute approximate surface area is 276 Å². The van der Waals surface area contributed by atoms with E-state index in [-0.39, 0.29) is 12.2 Å². The van der Waals surface area contributed by atoms with Crippen molar-refractivity contribution in [3.05, 3.63) is 72.1 Å². The Bertz CT molecular complexity index is 1720. The molecule has 2 unspecified atom stereocenters. The third-order valence-corrected chi connectivity index (χ3v) is 10.7. The maximum Gasteiger partial charge on any atom is 0.151 e. The van der Waals surface area contributed by atoms with Crippen molar-refractivity contribution in [1.82, 2.24) is 39.7 Å². The topological polar surface area (TPSA) is 182 Å². The number of likely N-dealkylation sites (tertiary alicyclic amines) is 2. The summed E-state index contributed by atoms with van der Waals surface area (Å²) in [5, 5.41) is 20.5. The lowest BCUT2D eigenvalue weighted by Gasteiger charge is -2.15. The largest absolute Gasteiger partial charge is 0.391 e. The second-order valence-electron chi connectivity index (χ2n) is 12.1. The first-order chi connectivity index (χ1) is 22.4. The van der Waals surface area contributed by atoms with E-state index in [0.29, 0.717) is 30.0 Å². The number of hydrogen-bond acceptors (Lipinski definition) is 12. The second-order valence-corrected chi connectivity index (χ2v) is 14.0. The number of aromatic nitrogens is 6. The molecule has 0 aliphatic carbocycles.